The first-order valence-corrected chi connectivity index (χ1v) is 8.19. The molecule has 1 saturated carbocycles. The summed E-state index contributed by atoms with van der Waals surface area (Å²) in [4.78, 5) is 0. The summed E-state index contributed by atoms with van der Waals surface area (Å²) in [6.07, 6.45) is -10.2. The minimum absolute atomic E-state index is 0.0732. The predicted molar refractivity (Wildman–Crippen MR) is 79.1 cm³/mol. The van der Waals surface area contributed by atoms with Gasteiger partial charge in [-0.05, 0) is 42.4 Å². The van der Waals surface area contributed by atoms with Gasteiger partial charge in [0.05, 0.1) is 0 Å². The SMILES string of the molecule is CC1CCC(C(c2ccc(Br)cc2)(C(F)(F)F)C(F)(F)F)CC1. The Balaban J connectivity index is 2.63. The largest absolute Gasteiger partial charge is 0.407 e. The van der Waals surface area contributed by atoms with Crippen molar-refractivity contribution in [2.75, 3.05) is 0 Å². The van der Waals surface area contributed by atoms with E-state index in [0.717, 1.165) is 12.1 Å². The van der Waals surface area contributed by atoms with E-state index in [0.29, 0.717) is 17.3 Å². The molecule has 0 nitrogen and oxygen atoms in total. The third-order valence-electron chi connectivity index (χ3n) is 4.82. The summed E-state index contributed by atoms with van der Waals surface area (Å²) in [5.41, 5.74) is -4.53. The lowest BCUT2D eigenvalue weighted by Gasteiger charge is -2.45. The van der Waals surface area contributed by atoms with Gasteiger partial charge in [0.15, 0.2) is 5.41 Å². The van der Waals surface area contributed by atoms with Gasteiger partial charge < -0.3 is 0 Å². The fourth-order valence-electron chi connectivity index (χ4n) is 3.59. The van der Waals surface area contributed by atoms with Crippen molar-refractivity contribution in [2.24, 2.45) is 11.8 Å². The van der Waals surface area contributed by atoms with Crippen molar-refractivity contribution in [3.63, 3.8) is 0 Å². The average Bonchev–Trinajstić information content (AvgIpc) is 2.40. The molecule has 2 rings (SSSR count). The third kappa shape index (κ3) is 3.26. The van der Waals surface area contributed by atoms with Gasteiger partial charge in [0.2, 0.25) is 0 Å². The van der Waals surface area contributed by atoms with Crippen LogP contribution in [0, 0.1) is 11.8 Å². The van der Waals surface area contributed by atoms with Crippen LogP contribution >= 0.6 is 15.9 Å². The molecule has 1 aromatic carbocycles. The Bertz CT molecular complexity index is 509. The Morgan fingerprint density at radius 1 is 0.826 bits per heavy atom. The average molecular weight is 403 g/mol. The lowest BCUT2D eigenvalue weighted by molar-refractivity contribution is -0.322. The summed E-state index contributed by atoms with van der Waals surface area (Å²) in [5.74, 6) is -1.32. The number of benzene rings is 1. The molecular formula is C16H17BrF6. The molecule has 7 heteroatoms. The molecule has 130 valence electrons. The van der Waals surface area contributed by atoms with Crippen molar-refractivity contribution in [3.05, 3.63) is 34.3 Å². The summed E-state index contributed by atoms with van der Waals surface area (Å²) in [5, 5.41) is 0. The zero-order chi connectivity index (χ0) is 17.5. The Morgan fingerprint density at radius 3 is 1.65 bits per heavy atom. The molecule has 0 unspecified atom stereocenters. The monoisotopic (exact) mass is 402 g/mol. The highest BCUT2D eigenvalue weighted by Gasteiger charge is 2.74. The van der Waals surface area contributed by atoms with Gasteiger partial charge in [-0.2, -0.15) is 26.3 Å². The van der Waals surface area contributed by atoms with Crippen molar-refractivity contribution in [1.82, 2.24) is 0 Å². The zero-order valence-corrected chi connectivity index (χ0v) is 14.0. The topological polar surface area (TPSA) is 0 Å². The maximum Gasteiger partial charge on any atom is 0.407 e. The quantitative estimate of drug-likeness (QED) is 0.486. The molecule has 0 bridgehead atoms. The van der Waals surface area contributed by atoms with Crippen LogP contribution < -0.4 is 0 Å². The highest BCUT2D eigenvalue weighted by molar-refractivity contribution is 9.10. The van der Waals surface area contributed by atoms with Crippen LogP contribution in [0.3, 0.4) is 0 Å². The van der Waals surface area contributed by atoms with E-state index in [9.17, 15) is 26.3 Å². The van der Waals surface area contributed by atoms with Crippen molar-refractivity contribution in [3.8, 4) is 0 Å². The molecule has 0 aromatic heterocycles. The molecule has 1 aromatic rings. The normalized spacial score (nSPS) is 23.8. The Kier molecular flexibility index (Phi) is 5.10. The van der Waals surface area contributed by atoms with Crippen molar-refractivity contribution >= 4 is 15.9 Å². The molecule has 1 fully saturated rings. The van der Waals surface area contributed by atoms with Gasteiger partial charge in [0.1, 0.15) is 0 Å². The second-order valence-electron chi connectivity index (χ2n) is 6.27. The zero-order valence-electron chi connectivity index (χ0n) is 12.4. The lowest BCUT2D eigenvalue weighted by atomic mass is 9.62. The van der Waals surface area contributed by atoms with Gasteiger partial charge in [-0.25, -0.2) is 0 Å². The van der Waals surface area contributed by atoms with Crippen molar-refractivity contribution in [1.29, 1.82) is 0 Å². The molecule has 0 saturated heterocycles. The molecule has 0 atom stereocenters. The van der Waals surface area contributed by atoms with Gasteiger partial charge in [-0.1, -0.05) is 47.8 Å². The fourth-order valence-corrected chi connectivity index (χ4v) is 3.86. The van der Waals surface area contributed by atoms with Crippen LogP contribution in [0.5, 0.6) is 0 Å². The summed E-state index contributed by atoms with van der Waals surface area (Å²) in [6.45, 7) is 1.86. The van der Waals surface area contributed by atoms with E-state index in [1.54, 1.807) is 0 Å². The summed E-state index contributed by atoms with van der Waals surface area (Å²) < 4.78 is 83.3. The van der Waals surface area contributed by atoms with E-state index in [4.69, 9.17) is 0 Å². The first kappa shape index (κ1) is 18.6. The highest BCUT2D eigenvalue weighted by Crippen LogP contribution is 2.59. The molecule has 0 N–H and O–H groups in total. The van der Waals surface area contributed by atoms with Gasteiger partial charge >= 0.3 is 12.4 Å². The maximum atomic E-state index is 13.8. The first-order valence-electron chi connectivity index (χ1n) is 7.39. The highest BCUT2D eigenvalue weighted by atomic mass is 79.9. The van der Waals surface area contributed by atoms with E-state index < -0.39 is 29.2 Å². The number of hydrogen-bond donors (Lipinski definition) is 0. The Labute approximate surface area is 139 Å². The lowest BCUT2D eigenvalue weighted by Crippen LogP contribution is -2.59. The number of alkyl halides is 6. The van der Waals surface area contributed by atoms with Crippen molar-refractivity contribution in [2.45, 2.75) is 50.4 Å². The molecule has 23 heavy (non-hydrogen) atoms. The second kappa shape index (κ2) is 6.30. The van der Waals surface area contributed by atoms with E-state index >= 15 is 0 Å². The van der Waals surface area contributed by atoms with Gasteiger partial charge in [0, 0.05) is 4.47 Å². The molecule has 0 aliphatic heterocycles. The van der Waals surface area contributed by atoms with Crippen LogP contribution in [0.1, 0.15) is 38.2 Å². The maximum absolute atomic E-state index is 13.8. The minimum atomic E-state index is -5.40. The molecule has 0 amide bonds. The van der Waals surface area contributed by atoms with Crippen LogP contribution in [-0.2, 0) is 5.41 Å². The Morgan fingerprint density at radius 2 is 1.26 bits per heavy atom. The first-order chi connectivity index (χ1) is 10.5. The van der Waals surface area contributed by atoms with Gasteiger partial charge in [0.25, 0.3) is 0 Å². The van der Waals surface area contributed by atoms with Crippen LogP contribution in [0.2, 0.25) is 0 Å². The predicted octanol–water partition coefficient (Wildman–Crippen LogP) is 6.64. The number of hydrogen-bond acceptors (Lipinski definition) is 0. The standard InChI is InChI=1S/C16H17BrF6/c1-10-2-4-11(5-3-10)14(15(18,19)20,16(21,22)23)12-6-8-13(17)9-7-12/h6-11H,2-5H2,1H3. The van der Waals surface area contributed by atoms with Crippen LogP contribution in [0.15, 0.2) is 28.7 Å². The van der Waals surface area contributed by atoms with E-state index in [1.807, 2.05) is 6.92 Å². The number of rotatable bonds is 2. The third-order valence-corrected chi connectivity index (χ3v) is 5.35. The van der Waals surface area contributed by atoms with E-state index in [-0.39, 0.29) is 18.8 Å². The molecular weight excluding hydrogens is 386 g/mol. The van der Waals surface area contributed by atoms with E-state index in [1.165, 1.54) is 12.1 Å². The van der Waals surface area contributed by atoms with Crippen LogP contribution in [-0.4, -0.2) is 12.4 Å². The number of halogens is 7. The summed E-state index contributed by atoms with van der Waals surface area (Å²) in [7, 11) is 0. The fraction of sp³-hybridized carbons (Fsp3) is 0.625. The second-order valence-corrected chi connectivity index (χ2v) is 7.18. The van der Waals surface area contributed by atoms with Gasteiger partial charge in [-0.3, -0.25) is 0 Å². The van der Waals surface area contributed by atoms with Gasteiger partial charge in [-0.15, -0.1) is 0 Å². The minimum Gasteiger partial charge on any atom is -0.170 e. The molecule has 1 aliphatic carbocycles. The summed E-state index contributed by atoms with van der Waals surface area (Å²) in [6, 6.07) is 4.33. The van der Waals surface area contributed by atoms with Crippen LogP contribution in [0.25, 0.3) is 0 Å². The van der Waals surface area contributed by atoms with E-state index in [2.05, 4.69) is 15.9 Å². The molecule has 1 aliphatic rings. The molecule has 0 heterocycles. The van der Waals surface area contributed by atoms with Crippen molar-refractivity contribution < 1.29 is 26.3 Å². The smallest absolute Gasteiger partial charge is 0.170 e. The molecule has 0 spiro atoms. The Hall–Kier alpha value is -0.720. The van der Waals surface area contributed by atoms with Crippen LogP contribution in [0.4, 0.5) is 26.3 Å². The summed E-state index contributed by atoms with van der Waals surface area (Å²) >= 11 is 3.05. The molecule has 0 radical (unpaired) electrons.